The molecule has 0 aliphatic heterocycles. The van der Waals surface area contributed by atoms with E-state index in [9.17, 15) is 26.3 Å². The average Bonchev–Trinajstić information content (AvgIpc) is 3.17. The molecule has 0 saturated carbocycles. The van der Waals surface area contributed by atoms with Crippen molar-refractivity contribution in [3.63, 3.8) is 0 Å². The number of halogens is 6. The highest BCUT2D eigenvalue weighted by Crippen LogP contribution is 2.45. The van der Waals surface area contributed by atoms with E-state index in [0.717, 1.165) is 79.2 Å². The molecule has 0 amide bonds. The molecule has 260 valence electrons. The Morgan fingerprint density at radius 3 is 1.09 bits per heavy atom. The quantitative estimate of drug-likeness (QED) is 0.123. The van der Waals surface area contributed by atoms with Gasteiger partial charge in [0.25, 0.3) is 0 Å². The van der Waals surface area contributed by atoms with Gasteiger partial charge in [0.1, 0.15) is 0 Å². The van der Waals surface area contributed by atoms with Gasteiger partial charge in [-0.15, -0.1) is 0 Å². The van der Waals surface area contributed by atoms with Gasteiger partial charge in [0.2, 0.25) is 0 Å². The molecule has 0 aliphatic rings. The molecule has 8 rings (SSSR count). The zero-order valence-corrected chi connectivity index (χ0v) is 28.0. The third-order valence-electron chi connectivity index (χ3n) is 9.51. The minimum atomic E-state index is -4.53. The number of anilines is 3. The van der Waals surface area contributed by atoms with Crippen LogP contribution in [0.15, 0.2) is 176 Å². The smallest absolute Gasteiger partial charge is 0.311 e. The third-order valence-corrected chi connectivity index (χ3v) is 9.51. The Morgan fingerprint density at radius 2 is 0.660 bits per heavy atom. The van der Waals surface area contributed by atoms with Crippen LogP contribution in [0.2, 0.25) is 0 Å². The summed E-state index contributed by atoms with van der Waals surface area (Å²) in [6, 6.07) is 52.1. The van der Waals surface area contributed by atoms with Gasteiger partial charge >= 0.3 is 12.4 Å². The average molecular weight is 710 g/mol. The second-order valence-corrected chi connectivity index (χ2v) is 12.8. The number of rotatable bonds is 6. The van der Waals surface area contributed by atoms with Gasteiger partial charge in [-0.3, -0.25) is 0 Å². The molecule has 7 heteroatoms. The lowest BCUT2D eigenvalue weighted by molar-refractivity contribution is -0.138. The van der Waals surface area contributed by atoms with Crippen LogP contribution in [0.4, 0.5) is 43.4 Å². The Hall–Kier alpha value is -6.34. The van der Waals surface area contributed by atoms with Crippen molar-refractivity contribution in [2.45, 2.75) is 12.4 Å². The van der Waals surface area contributed by atoms with Gasteiger partial charge in [-0.1, -0.05) is 109 Å². The summed E-state index contributed by atoms with van der Waals surface area (Å²) in [5.41, 5.74) is 5.95. The third kappa shape index (κ3) is 6.51. The Morgan fingerprint density at radius 1 is 0.302 bits per heavy atom. The standard InChI is InChI=1S/C46H29F6N/c47-45(48,49)34-18-24-37(25-19-34)53(38-26-20-35(21-27-38)46(50,51)52)36-22-15-30(16-23-36)33-17-28-41-42(29-33)44(32-11-5-2-6-12-32)40-14-8-7-13-39(40)43(41)31-9-3-1-4-10-31/h1-29H. The maximum atomic E-state index is 13.4. The van der Waals surface area contributed by atoms with Gasteiger partial charge in [0.05, 0.1) is 11.1 Å². The van der Waals surface area contributed by atoms with Gasteiger partial charge in [-0.05, 0) is 122 Å². The van der Waals surface area contributed by atoms with Crippen LogP contribution in [0.3, 0.4) is 0 Å². The van der Waals surface area contributed by atoms with E-state index in [-0.39, 0.29) is 0 Å². The van der Waals surface area contributed by atoms with Crippen molar-refractivity contribution in [3.8, 4) is 33.4 Å². The monoisotopic (exact) mass is 709 g/mol. The van der Waals surface area contributed by atoms with Crippen LogP contribution in [-0.4, -0.2) is 0 Å². The Labute approximate surface area is 302 Å². The molecule has 0 spiro atoms. The molecule has 53 heavy (non-hydrogen) atoms. The maximum absolute atomic E-state index is 13.4. The predicted octanol–water partition coefficient (Wildman–Crippen LogP) is 14.5. The van der Waals surface area contributed by atoms with Crippen LogP contribution in [0.5, 0.6) is 0 Å². The lowest BCUT2D eigenvalue weighted by atomic mass is 9.85. The highest BCUT2D eigenvalue weighted by Gasteiger charge is 2.32. The minimum absolute atomic E-state index is 0.365. The van der Waals surface area contributed by atoms with Crippen molar-refractivity contribution in [1.82, 2.24) is 0 Å². The van der Waals surface area contributed by atoms with Crippen LogP contribution >= 0.6 is 0 Å². The molecule has 0 unspecified atom stereocenters. The summed E-state index contributed by atoms with van der Waals surface area (Å²) in [7, 11) is 0. The first-order valence-corrected chi connectivity index (χ1v) is 16.9. The summed E-state index contributed by atoms with van der Waals surface area (Å²) in [6.45, 7) is 0. The minimum Gasteiger partial charge on any atom is -0.311 e. The van der Waals surface area contributed by atoms with Crippen molar-refractivity contribution >= 4 is 38.6 Å². The second-order valence-electron chi connectivity index (χ2n) is 12.8. The zero-order valence-electron chi connectivity index (χ0n) is 28.0. The number of alkyl halides is 6. The summed E-state index contributed by atoms with van der Waals surface area (Å²) in [6.07, 6.45) is -9.07. The lowest BCUT2D eigenvalue weighted by Gasteiger charge is -2.26. The van der Waals surface area contributed by atoms with Crippen molar-refractivity contribution in [2.75, 3.05) is 4.90 Å². The predicted molar refractivity (Wildman–Crippen MR) is 202 cm³/mol. The molecule has 0 saturated heterocycles. The van der Waals surface area contributed by atoms with Crippen molar-refractivity contribution in [1.29, 1.82) is 0 Å². The summed E-state index contributed by atoms with van der Waals surface area (Å²) in [4.78, 5) is 1.64. The van der Waals surface area contributed by atoms with Crippen molar-refractivity contribution in [2.24, 2.45) is 0 Å². The largest absolute Gasteiger partial charge is 0.416 e. The number of benzene rings is 8. The first kappa shape index (κ1) is 33.8. The van der Waals surface area contributed by atoms with Crippen LogP contribution in [0.25, 0.3) is 54.9 Å². The molecule has 0 heterocycles. The first-order valence-electron chi connectivity index (χ1n) is 16.9. The topological polar surface area (TPSA) is 3.24 Å². The molecule has 0 aliphatic carbocycles. The number of nitrogens with zero attached hydrogens (tertiary/aromatic N) is 1. The van der Waals surface area contributed by atoms with E-state index in [1.54, 1.807) is 4.90 Å². The molecular weight excluding hydrogens is 681 g/mol. The summed E-state index contributed by atoms with van der Waals surface area (Å²) in [5, 5.41) is 4.45. The molecule has 0 radical (unpaired) electrons. The first-order chi connectivity index (χ1) is 25.6. The highest BCUT2D eigenvalue weighted by atomic mass is 19.4. The van der Waals surface area contributed by atoms with Crippen LogP contribution in [0, 0.1) is 0 Å². The highest BCUT2D eigenvalue weighted by molar-refractivity contribution is 6.21. The van der Waals surface area contributed by atoms with E-state index in [1.807, 2.05) is 60.7 Å². The summed E-state index contributed by atoms with van der Waals surface area (Å²) >= 11 is 0. The van der Waals surface area contributed by atoms with E-state index in [4.69, 9.17) is 0 Å². The fraction of sp³-hybridized carbons (Fsp3) is 0.0435. The van der Waals surface area contributed by atoms with Gasteiger partial charge in [0.15, 0.2) is 0 Å². The molecule has 0 aromatic heterocycles. The number of hydrogen-bond donors (Lipinski definition) is 0. The number of hydrogen-bond acceptors (Lipinski definition) is 1. The van der Waals surface area contributed by atoms with Crippen LogP contribution < -0.4 is 4.90 Å². The fourth-order valence-corrected chi connectivity index (χ4v) is 7.04. The summed E-state index contributed by atoms with van der Waals surface area (Å²) < 4.78 is 80.5. The number of fused-ring (bicyclic) bond motifs is 2. The van der Waals surface area contributed by atoms with Crippen LogP contribution in [-0.2, 0) is 12.4 Å². The lowest BCUT2D eigenvalue weighted by Crippen LogP contribution is -2.12. The van der Waals surface area contributed by atoms with E-state index in [2.05, 4.69) is 66.7 Å². The molecule has 1 nitrogen and oxygen atoms in total. The maximum Gasteiger partial charge on any atom is 0.416 e. The molecule has 0 atom stereocenters. The zero-order chi connectivity index (χ0) is 36.7. The van der Waals surface area contributed by atoms with Gasteiger partial charge in [0, 0.05) is 17.1 Å². The molecular formula is C46H29F6N. The molecule has 8 aromatic rings. The van der Waals surface area contributed by atoms with Gasteiger partial charge in [-0.25, -0.2) is 0 Å². The fourth-order valence-electron chi connectivity index (χ4n) is 7.04. The van der Waals surface area contributed by atoms with E-state index in [1.165, 1.54) is 24.3 Å². The molecule has 8 aromatic carbocycles. The van der Waals surface area contributed by atoms with E-state index in [0.29, 0.717) is 17.1 Å². The molecule has 0 fully saturated rings. The Balaban J connectivity index is 1.27. The SMILES string of the molecule is FC(F)(F)c1ccc(N(c2ccc(-c3ccc4c(-c5ccccc5)c5ccccc5c(-c5ccccc5)c4c3)cc2)c2ccc(C(F)(F)F)cc2)cc1. The van der Waals surface area contributed by atoms with E-state index < -0.39 is 23.5 Å². The summed E-state index contributed by atoms with van der Waals surface area (Å²) in [5.74, 6) is 0. The van der Waals surface area contributed by atoms with Crippen molar-refractivity contribution in [3.05, 3.63) is 187 Å². The molecule has 0 bridgehead atoms. The normalized spacial score (nSPS) is 12.0. The van der Waals surface area contributed by atoms with Crippen molar-refractivity contribution < 1.29 is 26.3 Å². The molecule has 0 N–H and O–H groups in total. The van der Waals surface area contributed by atoms with Gasteiger partial charge in [-0.2, -0.15) is 26.3 Å². The Bertz CT molecular complexity index is 2480. The van der Waals surface area contributed by atoms with Gasteiger partial charge < -0.3 is 4.90 Å². The Kier molecular flexibility index (Phi) is 8.50. The second kappa shape index (κ2) is 13.3. The van der Waals surface area contributed by atoms with Crippen LogP contribution in [0.1, 0.15) is 11.1 Å². The van der Waals surface area contributed by atoms with E-state index >= 15 is 0 Å².